The van der Waals surface area contributed by atoms with E-state index in [4.69, 9.17) is 16.3 Å². The molecule has 5 nitrogen and oxygen atoms in total. The summed E-state index contributed by atoms with van der Waals surface area (Å²) in [5.74, 6) is 1.42. The van der Waals surface area contributed by atoms with Crippen molar-refractivity contribution < 1.29 is 14.3 Å². The van der Waals surface area contributed by atoms with Gasteiger partial charge in [-0.05, 0) is 74.4 Å². The Balaban J connectivity index is 2.01. The summed E-state index contributed by atoms with van der Waals surface area (Å²) >= 11 is 7.62. The zero-order chi connectivity index (χ0) is 23.5. The highest BCUT2D eigenvalue weighted by atomic mass is 35.5. The summed E-state index contributed by atoms with van der Waals surface area (Å²) in [6.45, 7) is 6.16. The lowest BCUT2D eigenvalue weighted by molar-refractivity contribution is -0.140. The van der Waals surface area contributed by atoms with Gasteiger partial charge in [-0.2, -0.15) is 0 Å². The van der Waals surface area contributed by atoms with Gasteiger partial charge in [0.1, 0.15) is 11.8 Å². The van der Waals surface area contributed by atoms with Crippen LogP contribution in [0, 0.1) is 0 Å². The van der Waals surface area contributed by atoms with Crippen LogP contribution >= 0.6 is 23.4 Å². The number of nitrogens with one attached hydrogen (secondary N) is 1. The summed E-state index contributed by atoms with van der Waals surface area (Å²) in [5, 5.41) is 3.71. The average Bonchev–Trinajstić information content (AvgIpc) is 2.81. The first-order chi connectivity index (χ1) is 15.3. The van der Waals surface area contributed by atoms with Gasteiger partial charge < -0.3 is 15.0 Å². The van der Waals surface area contributed by atoms with E-state index in [1.807, 2.05) is 62.4 Å². The molecule has 2 aromatic rings. The molecule has 0 heterocycles. The third-order valence-corrected chi connectivity index (χ3v) is 6.65. The molecule has 0 aliphatic heterocycles. The van der Waals surface area contributed by atoms with Crippen LogP contribution in [-0.4, -0.2) is 41.7 Å². The maximum atomic E-state index is 13.1. The summed E-state index contributed by atoms with van der Waals surface area (Å²) in [6, 6.07) is 14.8. The van der Waals surface area contributed by atoms with Crippen LogP contribution in [-0.2, 0) is 16.1 Å². The predicted molar refractivity (Wildman–Crippen MR) is 132 cm³/mol. The van der Waals surface area contributed by atoms with E-state index >= 15 is 0 Å². The minimum absolute atomic E-state index is 0.0238. The lowest BCUT2D eigenvalue weighted by atomic mass is 10.1. The number of ether oxygens (including phenoxy) is 1. The fourth-order valence-corrected chi connectivity index (χ4v) is 4.04. The molecule has 1 N–H and O–H groups in total. The molecule has 0 radical (unpaired) electrons. The highest BCUT2D eigenvalue weighted by molar-refractivity contribution is 7.99. The van der Waals surface area contributed by atoms with Gasteiger partial charge in [0, 0.05) is 28.9 Å². The molecule has 0 bridgehead atoms. The number of rotatable bonds is 12. The average molecular weight is 477 g/mol. The predicted octanol–water partition coefficient (Wildman–Crippen LogP) is 5.55. The van der Waals surface area contributed by atoms with Gasteiger partial charge in [0.2, 0.25) is 11.8 Å². The van der Waals surface area contributed by atoms with Crippen LogP contribution in [0.3, 0.4) is 0 Å². The van der Waals surface area contributed by atoms with E-state index in [1.165, 1.54) is 0 Å². The SMILES string of the molecule is CC[C@@H](C)NC(=O)[C@H](C)N(Cc1ccc(OC)cc1)C(=O)CCCSc1ccc(Cl)cc1. The normalized spacial score (nSPS) is 12.7. The zero-order valence-corrected chi connectivity index (χ0v) is 20.8. The number of benzene rings is 2. The number of nitrogens with zero attached hydrogens (tertiary/aromatic N) is 1. The molecule has 174 valence electrons. The van der Waals surface area contributed by atoms with Gasteiger partial charge >= 0.3 is 0 Å². The third kappa shape index (κ3) is 8.40. The van der Waals surface area contributed by atoms with Crippen molar-refractivity contribution in [3.8, 4) is 5.75 Å². The monoisotopic (exact) mass is 476 g/mol. The number of amides is 2. The molecule has 0 aliphatic carbocycles. The number of hydrogen-bond acceptors (Lipinski definition) is 4. The van der Waals surface area contributed by atoms with Gasteiger partial charge in [-0.15, -0.1) is 11.8 Å². The Morgan fingerprint density at radius 3 is 2.34 bits per heavy atom. The number of carbonyl (C=O) groups is 2. The maximum Gasteiger partial charge on any atom is 0.242 e. The molecule has 2 amide bonds. The van der Waals surface area contributed by atoms with Gasteiger partial charge in [0.25, 0.3) is 0 Å². The second-order valence-electron chi connectivity index (χ2n) is 7.77. The molecular weight excluding hydrogens is 444 g/mol. The van der Waals surface area contributed by atoms with Gasteiger partial charge in [0.15, 0.2) is 0 Å². The summed E-state index contributed by atoms with van der Waals surface area (Å²) in [6.07, 6.45) is 1.95. The van der Waals surface area contributed by atoms with E-state index in [-0.39, 0.29) is 17.9 Å². The number of hydrogen-bond donors (Lipinski definition) is 1. The molecule has 0 spiro atoms. The van der Waals surface area contributed by atoms with Crippen molar-refractivity contribution in [3.05, 3.63) is 59.1 Å². The second-order valence-corrected chi connectivity index (χ2v) is 9.37. The molecular formula is C25H33ClN2O3S. The Bertz CT molecular complexity index is 858. The first kappa shape index (κ1) is 26.1. The van der Waals surface area contributed by atoms with Crippen molar-refractivity contribution in [1.82, 2.24) is 10.2 Å². The fraction of sp³-hybridized carbons (Fsp3) is 0.440. The van der Waals surface area contributed by atoms with Gasteiger partial charge in [-0.25, -0.2) is 0 Å². The zero-order valence-electron chi connectivity index (χ0n) is 19.3. The molecule has 0 saturated heterocycles. The van der Waals surface area contributed by atoms with Gasteiger partial charge in [0.05, 0.1) is 7.11 Å². The van der Waals surface area contributed by atoms with Crippen LogP contribution in [0.2, 0.25) is 5.02 Å². The molecule has 2 aromatic carbocycles. The summed E-state index contributed by atoms with van der Waals surface area (Å²) in [5.41, 5.74) is 0.956. The fourth-order valence-electron chi connectivity index (χ4n) is 3.06. The van der Waals surface area contributed by atoms with Crippen LogP contribution in [0.25, 0.3) is 0 Å². The smallest absolute Gasteiger partial charge is 0.242 e. The Hall–Kier alpha value is -2.18. The van der Waals surface area contributed by atoms with Crippen LogP contribution in [0.4, 0.5) is 0 Å². The highest BCUT2D eigenvalue weighted by Gasteiger charge is 2.26. The molecule has 32 heavy (non-hydrogen) atoms. The highest BCUT2D eigenvalue weighted by Crippen LogP contribution is 2.22. The number of halogens is 1. The molecule has 2 atom stereocenters. The number of methoxy groups -OCH3 is 1. The molecule has 0 aromatic heterocycles. The molecule has 0 fully saturated rings. The van der Waals surface area contributed by atoms with E-state index in [2.05, 4.69) is 5.32 Å². The number of carbonyl (C=O) groups excluding carboxylic acids is 2. The largest absolute Gasteiger partial charge is 0.497 e. The van der Waals surface area contributed by atoms with E-state index in [0.717, 1.165) is 34.8 Å². The van der Waals surface area contributed by atoms with Crippen LogP contribution in [0.15, 0.2) is 53.4 Å². The van der Waals surface area contributed by atoms with Crippen LogP contribution in [0.5, 0.6) is 5.75 Å². The van der Waals surface area contributed by atoms with Gasteiger partial charge in [-0.3, -0.25) is 9.59 Å². The summed E-state index contributed by atoms with van der Waals surface area (Å²) in [7, 11) is 1.62. The van der Waals surface area contributed by atoms with Crippen molar-refractivity contribution in [1.29, 1.82) is 0 Å². The van der Waals surface area contributed by atoms with Crippen molar-refractivity contribution in [2.75, 3.05) is 12.9 Å². The molecule has 0 unspecified atom stereocenters. The minimum atomic E-state index is -0.553. The topological polar surface area (TPSA) is 58.6 Å². The quantitative estimate of drug-likeness (QED) is 0.322. The third-order valence-electron chi connectivity index (χ3n) is 5.30. The maximum absolute atomic E-state index is 13.1. The minimum Gasteiger partial charge on any atom is -0.497 e. The summed E-state index contributed by atoms with van der Waals surface area (Å²) in [4.78, 5) is 28.7. The molecule has 0 saturated carbocycles. The van der Waals surface area contributed by atoms with Crippen LogP contribution < -0.4 is 10.1 Å². The van der Waals surface area contributed by atoms with E-state index in [0.29, 0.717) is 18.0 Å². The molecule has 0 aliphatic rings. The lowest BCUT2D eigenvalue weighted by Gasteiger charge is -2.30. The van der Waals surface area contributed by atoms with Crippen molar-refractivity contribution in [2.45, 2.75) is 63.6 Å². The Morgan fingerprint density at radius 1 is 1.09 bits per heavy atom. The summed E-state index contributed by atoms with van der Waals surface area (Å²) < 4.78 is 5.22. The first-order valence-corrected chi connectivity index (χ1v) is 12.3. The van der Waals surface area contributed by atoms with E-state index in [1.54, 1.807) is 30.7 Å². The number of thioether (sulfide) groups is 1. The van der Waals surface area contributed by atoms with Crippen LogP contribution in [0.1, 0.15) is 45.6 Å². The van der Waals surface area contributed by atoms with E-state index in [9.17, 15) is 9.59 Å². The second kappa shape index (κ2) is 13.4. The Labute approximate surface area is 200 Å². The van der Waals surface area contributed by atoms with Crippen molar-refractivity contribution in [2.24, 2.45) is 0 Å². The Kier molecular flexibility index (Phi) is 10.9. The van der Waals surface area contributed by atoms with E-state index < -0.39 is 6.04 Å². The first-order valence-electron chi connectivity index (χ1n) is 10.9. The molecule has 2 rings (SSSR count). The van der Waals surface area contributed by atoms with Crippen molar-refractivity contribution >= 4 is 35.2 Å². The van der Waals surface area contributed by atoms with Gasteiger partial charge in [-0.1, -0.05) is 30.7 Å². The van der Waals surface area contributed by atoms with Crippen molar-refractivity contribution in [3.63, 3.8) is 0 Å². The Morgan fingerprint density at radius 2 is 1.75 bits per heavy atom. The lowest BCUT2D eigenvalue weighted by Crippen LogP contribution is -2.49. The molecule has 7 heteroatoms. The standard InChI is InChI=1S/C25H33ClN2O3S/c1-5-18(2)27-25(30)19(3)28(17-20-8-12-22(31-4)13-9-20)24(29)7-6-16-32-23-14-10-21(26)11-15-23/h8-15,18-19H,5-7,16-17H2,1-4H3,(H,27,30)/t18-,19+/m1/s1.